The quantitative estimate of drug-likeness (QED) is 0.356. The fraction of sp³-hybridized carbons (Fsp3) is 0.227. The average Bonchev–Trinajstić information content (AvgIpc) is 3.12. The van der Waals surface area contributed by atoms with E-state index in [2.05, 4.69) is 15.9 Å². The van der Waals surface area contributed by atoms with Crippen LogP contribution in [0.25, 0.3) is 16.9 Å². The molecule has 1 aliphatic rings. The molecule has 0 aliphatic heterocycles. The van der Waals surface area contributed by atoms with Crippen molar-refractivity contribution >= 4 is 27.4 Å². The number of non-ortho nitro benzene ring substituents is 1. The number of rotatable bonds is 5. The van der Waals surface area contributed by atoms with Crippen molar-refractivity contribution in [1.29, 1.82) is 0 Å². The maximum absolute atomic E-state index is 12.7. The molecular formula is C22H19BrN2O4. The molecule has 2 aromatic carbocycles. The van der Waals surface area contributed by atoms with Crippen LogP contribution in [-0.2, 0) is 4.74 Å². The van der Waals surface area contributed by atoms with Gasteiger partial charge in [0.05, 0.1) is 22.4 Å². The van der Waals surface area contributed by atoms with E-state index in [1.54, 1.807) is 12.1 Å². The minimum absolute atomic E-state index is 0.0310. The summed E-state index contributed by atoms with van der Waals surface area (Å²) >= 11 is 3.46. The first-order valence-corrected chi connectivity index (χ1v) is 10.2. The number of aromatic nitrogens is 1. The number of carbonyl (C=O) groups is 1. The molecule has 148 valence electrons. The normalized spacial score (nSPS) is 15.9. The van der Waals surface area contributed by atoms with Crippen LogP contribution >= 0.6 is 15.9 Å². The van der Waals surface area contributed by atoms with E-state index >= 15 is 0 Å². The van der Waals surface area contributed by atoms with Crippen molar-refractivity contribution in [2.75, 3.05) is 6.61 Å². The van der Waals surface area contributed by atoms with Gasteiger partial charge in [-0.2, -0.15) is 0 Å². The summed E-state index contributed by atoms with van der Waals surface area (Å²) in [6.45, 7) is 2.50. The molecule has 0 fully saturated rings. The number of hydrogen-bond acceptors (Lipinski definition) is 4. The molecule has 0 bridgehead atoms. The number of hydrogen-bond donors (Lipinski definition) is 0. The molecular weight excluding hydrogens is 436 g/mol. The highest BCUT2D eigenvalue weighted by atomic mass is 79.9. The van der Waals surface area contributed by atoms with E-state index < -0.39 is 4.92 Å². The number of ketones is 1. The van der Waals surface area contributed by atoms with Crippen LogP contribution in [0.1, 0.15) is 41.9 Å². The fourth-order valence-electron chi connectivity index (χ4n) is 3.80. The molecule has 4 rings (SSSR count). The number of ether oxygens (including phenoxy) is 1. The van der Waals surface area contributed by atoms with Crippen molar-refractivity contribution in [2.45, 2.75) is 25.9 Å². The zero-order valence-corrected chi connectivity index (χ0v) is 17.4. The highest BCUT2D eigenvalue weighted by molar-refractivity contribution is 9.10. The van der Waals surface area contributed by atoms with E-state index in [9.17, 15) is 14.9 Å². The van der Waals surface area contributed by atoms with Crippen molar-refractivity contribution in [3.05, 3.63) is 80.4 Å². The van der Waals surface area contributed by atoms with Gasteiger partial charge in [-0.1, -0.05) is 15.9 Å². The lowest BCUT2D eigenvalue weighted by atomic mass is 9.94. The zero-order chi connectivity index (χ0) is 20.5. The van der Waals surface area contributed by atoms with Gasteiger partial charge in [0.2, 0.25) is 0 Å². The molecule has 1 heterocycles. The van der Waals surface area contributed by atoms with E-state index in [0.717, 1.165) is 27.1 Å². The third-order valence-electron chi connectivity index (χ3n) is 5.10. The molecule has 1 atom stereocenters. The fourth-order valence-corrected chi connectivity index (χ4v) is 4.06. The van der Waals surface area contributed by atoms with Crippen LogP contribution in [0.4, 0.5) is 5.69 Å². The Morgan fingerprint density at radius 1 is 1.17 bits per heavy atom. The summed E-state index contributed by atoms with van der Waals surface area (Å²) < 4.78 is 8.97. The van der Waals surface area contributed by atoms with Crippen molar-refractivity contribution < 1.29 is 14.5 Å². The van der Waals surface area contributed by atoms with Gasteiger partial charge in [-0.05, 0) is 61.4 Å². The molecule has 0 saturated carbocycles. The van der Waals surface area contributed by atoms with Crippen LogP contribution in [0.2, 0.25) is 0 Å². The number of carbonyl (C=O) groups excluding carboxylic acids is 1. The second-order valence-corrected chi connectivity index (χ2v) is 7.77. The molecule has 1 unspecified atom stereocenters. The summed E-state index contributed by atoms with van der Waals surface area (Å²) in [5.41, 5.74) is 4.05. The molecule has 0 spiro atoms. The Morgan fingerprint density at radius 2 is 1.86 bits per heavy atom. The lowest BCUT2D eigenvalue weighted by Crippen LogP contribution is -2.20. The first-order valence-electron chi connectivity index (χ1n) is 9.40. The minimum atomic E-state index is -0.419. The van der Waals surface area contributed by atoms with Crippen molar-refractivity contribution in [2.24, 2.45) is 0 Å². The predicted octanol–water partition coefficient (Wildman–Crippen LogP) is 5.87. The molecule has 0 N–H and O–H groups in total. The monoisotopic (exact) mass is 454 g/mol. The highest BCUT2D eigenvalue weighted by Gasteiger charge is 2.32. The second-order valence-electron chi connectivity index (χ2n) is 6.85. The molecule has 6 nitrogen and oxygen atoms in total. The maximum atomic E-state index is 12.7. The largest absolute Gasteiger partial charge is 0.372 e. The minimum Gasteiger partial charge on any atom is -0.372 e. The summed E-state index contributed by atoms with van der Waals surface area (Å²) in [5, 5.41) is 11.0. The van der Waals surface area contributed by atoms with Crippen LogP contribution in [-0.4, -0.2) is 21.9 Å². The molecule has 0 amide bonds. The number of nitrogens with zero attached hydrogens (tertiary/aromatic N) is 2. The van der Waals surface area contributed by atoms with Gasteiger partial charge in [0.15, 0.2) is 5.78 Å². The van der Waals surface area contributed by atoms with Gasteiger partial charge in [-0.15, -0.1) is 0 Å². The third-order valence-corrected chi connectivity index (χ3v) is 5.63. The number of fused-ring (bicyclic) bond motifs is 1. The Hall–Kier alpha value is -2.77. The van der Waals surface area contributed by atoms with Gasteiger partial charge in [0.1, 0.15) is 0 Å². The smallest absolute Gasteiger partial charge is 0.269 e. The average molecular weight is 455 g/mol. The molecule has 1 aromatic heterocycles. The summed E-state index contributed by atoms with van der Waals surface area (Å²) in [7, 11) is 0. The van der Waals surface area contributed by atoms with Gasteiger partial charge in [0, 0.05) is 40.9 Å². The van der Waals surface area contributed by atoms with Gasteiger partial charge in [0.25, 0.3) is 5.69 Å². The molecule has 3 aromatic rings. The molecule has 1 aliphatic carbocycles. The van der Waals surface area contributed by atoms with Gasteiger partial charge in [-0.3, -0.25) is 14.9 Å². The number of nitro benzene ring substituents is 1. The highest BCUT2D eigenvalue weighted by Crippen LogP contribution is 2.40. The van der Waals surface area contributed by atoms with Crippen molar-refractivity contribution in [3.8, 4) is 16.9 Å². The Balaban J connectivity index is 1.95. The molecule has 0 radical (unpaired) electrons. The number of halogens is 1. The Morgan fingerprint density at radius 3 is 2.48 bits per heavy atom. The standard InChI is InChI=1S/C22H19BrN2O4/c1-2-29-21-12-11-20(26)18-13-19(14-3-7-17(8-4-14)25(27)28)24(22(18)21)16-9-5-15(23)6-10-16/h3-10,13,21H,2,11-12H2,1H3. The predicted molar refractivity (Wildman–Crippen MR) is 113 cm³/mol. The summed E-state index contributed by atoms with van der Waals surface area (Å²) in [5.74, 6) is 0.0926. The van der Waals surface area contributed by atoms with Crippen LogP contribution in [0.5, 0.6) is 0 Å². The van der Waals surface area contributed by atoms with Gasteiger partial charge >= 0.3 is 0 Å². The molecule has 7 heteroatoms. The molecule has 29 heavy (non-hydrogen) atoms. The van der Waals surface area contributed by atoms with Gasteiger partial charge < -0.3 is 9.30 Å². The van der Waals surface area contributed by atoms with Crippen LogP contribution < -0.4 is 0 Å². The van der Waals surface area contributed by atoms with Crippen LogP contribution in [0.3, 0.4) is 0 Å². The first-order chi connectivity index (χ1) is 14.0. The summed E-state index contributed by atoms with van der Waals surface area (Å²) in [6.07, 6.45) is 0.907. The maximum Gasteiger partial charge on any atom is 0.269 e. The number of Topliss-reactive ketones (excluding diaryl/α,β-unsaturated/α-hetero) is 1. The Kier molecular flexibility index (Phi) is 5.34. The first kappa shape index (κ1) is 19.5. The van der Waals surface area contributed by atoms with Gasteiger partial charge in [-0.25, -0.2) is 0 Å². The topological polar surface area (TPSA) is 74.4 Å². The second kappa shape index (κ2) is 7.93. The third kappa shape index (κ3) is 3.63. The summed E-state index contributed by atoms with van der Waals surface area (Å²) in [6, 6.07) is 16.1. The lowest BCUT2D eigenvalue weighted by Gasteiger charge is -2.25. The van der Waals surface area contributed by atoms with Crippen LogP contribution in [0.15, 0.2) is 59.1 Å². The number of benzene rings is 2. The molecule has 0 saturated heterocycles. The van der Waals surface area contributed by atoms with E-state index in [1.165, 1.54) is 12.1 Å². The van der Waals surface area contributed by atoms with Crippen molar-refractivity contribution in [1.82, 2.24) is 4.57 Å². The zero-order valence-electron chi connectivity index (χ0n) is 15.8. The number of nitro groups is 1. The Bertz CT molecular complexity index is 1070. The summed E-state index contributed by atoms with van der Waals surface area (Å²) in [4.78, 5) is 23.3. The van der Waals surface area contributed by atoms with E-state index in [0.29, 0.717) is 25.0 Å². The van der Waals surface area contributed by atoms with Crippen molar-refractivity contribution in [3.63, 3.8) is 0 Å². The van der Waals surface area contributed by atoms with E-state index in [1.807, 2.05) is 41.8 Å². The van der Waals surface area contributed by atoms with Crippen LogP contribution in [0, 0.1) is 10.1 Å². The van der Waals surface area contributed by atoms with E-state index in [-0.39, 0.29) is 17.6 Å². The Labute approximate surface area is 176 Å². The van der Waals surface area contributed by atoms with E-state index in [4.69, 9.17) is 4.74 Å². The SMILES string of the molecule is CCOC1CCC(=O)c2cc(-c3ccc([N+](=O)[O-])cc3)n(-c3ccc(Br)cc3)c21. The lowest BCUT2D eigenvalue weighted by molar-refractivity contribution is -0.384.